The molecule has 0 aliphatic heterocycles. The van der Waals surface area contributed by atoms with Gasteiger partial charge in [-0.05, 0) is 57.8 Å². The highest BCUT2D eigenvalue weighted by Gasteiger charge is 2.19. The molecule has 1 unspecified atom stereocenters. The fourth-order valence-electron chi connectivity index (χ4n) is 6.65. The van der Waals surface area contributed by atoms with E-state index in [0.29, 0.717) is 19.3 Å². The van der Waals surface area contributed by atoms with E-state index in [4.69, 9.17) is 14.2 Å². The summed E-state index contributed by atoms with van der Waals surface area (Å²) in [4.78, 5) is 37.9. The molecule has 0 aliphatic rings. The van der Waals surface area contributed by atoms with Gasteiger partial charge in [-0.15, -0.1) is 0 Å². The third-order valence-electron chi connectivity index (χ3n) is 10.5. The van der Waals surface area contributed by atoms with E-state index < -0.39 is 12.1 Å². The third-order valence-corrected chi connectivity index (χ3v) is 10.5. The molecule has 0 saturated heterocycles. The lowest BCUT2D eigenvalue weighted by atomic mass is 10.0. The number of allylic oxidation sites excluding steroid dienone is 18. The van der Waals surface area contributed by atoms with E-state index in [-0.39, 0.29) is 31.6 Å². The summed E-state index contributed by atoms with van der Waals surface area (Å²) in [6.07, 6.45) is 67.9. The van der Waals surface area contributed by atoms with Gasteiger partial charge in [0, 0.05) is 19.3 Å². The standard InChI is InChI=1S/C57H92O6/c1-4-7-10-13-16-19-22-25-26-27-28-29-30-33-35-38-41-44-47-50-56(59)62-53-54(63-57(60)51-48-45-42-39-36-32-24-21-18-15-12-9-6-3)52-61-55(58)49-46-43-40-37-34-31-23-20-17-14-11-8-5-2/h7,10,13,16,19,22,25-30,32-33,35-36,42,45,54H,4-6,8-9,11-12,14-15,17-18,20-21,23-24,31,34,37-41,43-44,46-53H2,1-3H3/b10-7-,16-13-,22-19-,26-25-,28-27+,30-29-,35-33-,36-32-,45-42-. The number of unbranched alkanes of at least 4 members (excludes halogenated alkanes) is 21. The van der Waals surface area contributed by atoms with Crippen LogP contribution in [0.3, 0.4) is 0 Å². The molecule has 0 radical (unpaired) electrons. The monoisotopic (exact) mass is 873 g/mol. The molecule has 0 spiro atoms. The van der Waals surface area contributed by atoms with Gasteiger partial charge >= 0.3 is 17.9 Å². The predicted octanol–water partition coefficient (Wildman–Crippen LogP) is 16.8. The van der Waals surface area contributed by atoms with Gasteiger partial charge in [-0.25, -0.2) is 0 Å². The van der Waals surface area contributed by atoms with Crippen molar-refractivity contribution in [3.05, 3.63) is 109 Å². The van der Waals surface area contributed by atoms with Crippen molar-refractivity contribution in [3.8, 4) is 0 Å². The second-order valence-corrected chi connectivity index (χ2v) is 16.5. The molecule has 0 bridgehead atoms. The molecule has 0 N–H and O–H groups in total. The van der Waals surface area contributed by atoms with Crippen molar-refractivity contribution in [1.82, 2.24) is 0 Å². The Labute approximate surface area is 387 Å². The average molecular weight is 873 g/mol. The Bertz CT molecular complexity index is 1330. The normalized spacial score (nSPS) is 13.0. The highest BCUT2D eigenvalue weighted by atomic mass is 16.6. The maximum atomic E-state index is 12.7. The molecule has 0 fully saturated rings. The van der Waals surface area contributed by atoms with E-state index in [0.717, 1.165) is 64.2 Å². The van der Waals surface area contributed by atoms with Gasteiger partial charge < -0.3 is 14.2 Å². The molecule has 6 heteroatoms. The topological polar surface area (TPSA) is 78.9 Å². The number of rotatable bonds is 44. The van der Waals surface area contributed by atoms with Gasteiger partial charge in [-0.1, -0.05) is 246 Å². The molecule has 0 aliphatic carbocycles. The maximum absolute atomic E-state index is 12.7. The van der Waals surface area contributed by atoms with Crippen LogP contribution < -0.4 is 0 Å². The zero-order valence-corrected chi connectivity index (χ0v) is 40.5. The number of ether oxygens (including phenoxy) is 3. The van der Waals surface area contributed by atoms with Crippen molar-refractivity contribution in [2.45, 2.75) is 219 Å². The first-order chi connectivity index (χ1) is 31.0. The molecule has 0 amide bonds. The SMILES string of the molecule is CC\C=C/C=C\C=C/C=C\C=C\C=C/C=C\CCCCCC(=O)OCC(COC(=O)CCCCCCCCCCCCCCC)OC(=O)CC/C=C\C/C=C\CCCCCCCC. The average Bonchev–Trinajstić information content (AvgIpc) is 3.28. The molecule has 356 valence electrons. The Morgan fingerprint density at radius 2 is 0.714 bits per heavy atom. The molecule has 0 rings (SSSR count). The Morgan fingerprint density at radius 3 is 1.17 bits per heavy atom. The zero-order chi connectivity index (χ0) is 45.8. The minimum absolute atomic E-state index is 0.116. The minimum Gasteiger partial charge on any atom is -0.462 e. The van der Waals surface area contributed by atoms with E-state index in [1.807, 2.05) is 79.0 Å². The summed E-state index contributed by atoms with van der Waals surface area (Å²) in [5, 5.41) is 0. The van der Waals surface area contributed by atoms with Crippen LogP contribution in [0.25, 0.3) is 0 Å². The predicted molar refractivity (Wildman–Crippen MR) is 270 cm³/mol. The van der Waals surface area contributed by atoms with Crippen molar-refractivity contribution in [2.75, 3.05) is 13.2 Å². The Balaban J connectivity index is 4.55. The number of carbonyl (C=O) groups is 3. The smallest absolute Gasteiger partial charge is 0.306 e. The number of carbonyl (C=O) groups excluding carboxylic acids is 3. The first kappa shape index (κ1) is 59.1. The minimum atomic E-state index is -0.827. The van der Waals surface area contributed by atoms with Crippen LogP contribution in [0, 0.1) is 0 Å². The molecule has 0 heterocycles. The lowest BCUT2D eigenvalue weighted by Gasteiger charge is -2.18. The Morgan fingerprint density at radius 1 is 0.349 bits per heavy atom. The van der Waals surface area contributed by atoms with E-state index >= 15 is 0 Å². The molecule has 6 nitrogen and oxygen atoms in total. The molecule has 63 heavy (non-hydrogen) atoms. The largest absolute Gasteiger partial charge is 0.462 e. The van der Waals surface area contributed by atoms with Crippen LogP contribution in [0.1, 0.15) is 213 Å². The zero-order valence-electron chi connectivity index (χ0n) is 40.5. The van der Waals surface area contributed by atoms with E-state index in [1.165, 1.54) is 103 Å². The highest BCUT2D eigenvalue weighted by molar-refractivity contribution is 5.71. The molecule has 1 atom stereocenters. The third kappa shape index (κ3) is 49.0. The van der Waals surface area contributed by atoms with E-state index in [9.17, 15) is 14.4 Å². The number of hydrogen-bond acceptors (Lipinski definition) is 6. The van der Waals surface area contributed by atoms with Crippen molar-refractivity contribution < 1.29 is 28.6 Å². The van der Waals surface area contributed by atoms with Crippen LogP contribution in [-0.4, -0.2) is 37.2 Å². The fourth-order valence-corrected chi connectivity index (χ4v) is 6.65. The lowest BCUT2D eigenvalue weighted by Crippen LogP contribution is -2.30. The van der Waals surface area contributed by atoms with Crippen LogP contribution >= 0.6 is 0 Å². The summed E-state index contributed by atoms with van der Waals surface area (Å²) in [6.45, 7) is 6.38. The second-order valence-electron chi connectivity index (χ2n) is 16.5. The van der Waals surface area contributed by atoms with Gasteiger partial charge in [-0.2, -0.15) is 0 Å². The van der Waals surface area contributed by atoms with Crippen LogP contribution in [-0.2, 0) is 28.6 Å². The summed E-state index contributed by atoms with van der Waals surface area (Å²) in [5.74, 6) is -1.04. The summed E-state index contributed by atoms with van der Waals surface area (Å²) >= 11 is 0. The van der Waals surface area contributed by atoms with E-state index in [1.54, 1.807) is 0 Å². The van der Waals surface area contributed by atoms with Crippen LogP contribution in [0.15, 0.2) is 109 Å². The van der Waals surface area contributed by atoms with Crippen molar-refractivity contribution >= 4 is 17.9 Å². The first-order valence-corrected chi connectivity index (χ1v) is 25.5. The van der Waals surface area contributed by atoms with Crippen LogP contribution in [0.2, 0.25) is 0 Å². The summed E-state index contributed by atoms with van der Waals surface area (Å²) in [7, 11) is 0. The lowest BCUT2D eigenvalue weighted by molar-refractivity contribution is -0.166. The van der Waals surface area contributed by atoms with Gasteiger partial charge in [0.25, 0.3) is 0 Å². The number of esters is 3. The Kier molecular flexibility index (Phi) is 47.5. The first-order valence-electron chi connectivity index (χ1n) is 25.5. The van der Waals surface area contributed by atoms with Gasteiger partial charge in [-0.3, -0.25) is 14.4 Å². The van der Waals surface area contributed by atoms with Gasteiger partial charge in [0.15, 0.2) is 6.10 Å². The molecule has 0 aromatic carbocycles. The maximum Gasteiger partial charge on any atom is 0.306 e. The molecule has 0 aromatic rings. The highest BCUT2D eigenvalue weighted by Crippen LogP contribution is 2.14. The van der Waals surface area contributed by atoms with Crippen LogP contribution in [0.5, 0.6) is 0 Å². The summed E-state index contributed by atoms with van der Waals surface area (Å²) in [6, 6.07) is 0. The van der Waals surface area contributed by atoms with Crippen molar-refractivity contribution in [2.24, 2.45) is 0 Å². The second kappa shape index (κ2) is 50.7. The fraction of sp³-hybridized carbons (Fsp3) is 0.632. The van der Waals surface area contributed by atoms with Crippen molar-refractivity contribution in [3.63, 3.8) is 0 Å². The van der Waals surface area contributed by atoms with Crippen molar-refractivity contribution in [1.29, 1.82) is 0 Å². The Hall–Kier alpha value is -3.93. The quantitative estimate of drug-likeness (QED) is 0.0199. The molecular formula is C57H92O6. The van der Waals surface area contributed by atoms with Gasteiger partial charge in [0.2, 0.25) is 0 Å². The van der Waals surface area contributed by atoms with Gasteiger partial charge in [0.05, 0.1) is 0 Å². The molecule has 0 saturated carbocycles. The van der Waals surface area contributed by atoms with E-state index in [2.05, 4.69) is 51.2 Å². The summed E-state index contributed by atoms with van der Waals surface area (Å²) < 4.78 is 16.7. The number of hydrogen-bond donors (Lipinski definition) is 0. The molecule has 0 aromatic heterocycles. The van der Waals surface area contributed by atoms with Crippen LogP contribution in [0.4, 0.5) is 0 Å². The summed E-state index contributed by atoms with van der Waals surface area (Å²) in [5.41, 5.74) is 0. The van der Waals surface area contributed by atoms with Gasteiger partial charge in [0.1, 0.15) is 13.2 Å². The molecular weight excluding hydrogens is 781 g/mol.